The van der Waals surface area contributed by atoms with Crippen LogP contribution in [0.4, 0.5) is 13.2 Å². The van der Waals surface area contributed by atoms with Crippen LogP contribution in [-0.2, 0) is 14.4 Å². The third-order valence-corrected chi connectivity index (χ3v) is 6.69. The Balaban J connectivity index is 1.46. The van der Waals surface area contributed by atoms with E-state index in [4.69, 9.17) is 4.42 Å². The fraction of sp³-hybridized carbons (Fsp3) is 0.429. The highest BCUT2D eigenvalue weighted by Crippen LogP contribution is 2.32. The molecule has 2 heterocycles. The molecule has 3 atom stereocenters. The zero-order chi connectivity index (χ0) is 28.0. The van der Waals surface area contributed by atoms with Crippen molar-refractivity contribution in [1.82, 2.24) is 20.5 Å². The van der Waals surface area contributed by atoms with Gasteiger partial charge in [-0.2, -0.15) is 13.2 Å². The number of halogens is 3. The first-order valence-corrected chi connectivity index (χ1v) is 13.0. The number of carbonyl (C=O) groups is 3. The minimum atomic E-state index is -4.38. The first-order valence-electron chi connectivity index (χ1n) is 13.0. The van der Waals surface area contributed by atoms with Crippen molar-refractivity contribution in [3.05, 3.63) is 66.1 Å². The first kappa shape index (κ1) is 28.1. The molecule has 0 aliphatic carbocycles. The molecule has 2 N–H and O–H groups in total. The van der Waals surface area contributed by atoms with E-state index >= 15 is 0 Å². The third kappa shape index (κ3) is 7.58. The lowest BCUT2D eigenvalue weighted by molar-refractivity contribution is -0.139. The number of para-hydroxylation sites is 2. The topological polar surface area (TPSA) is 105 Å². The number of nitrogens with zero attached hydrogens (tertiary/aromatic N) is 2. The van der Waals surface area contributed by atoms with Crippen LogP contribution in [0.1, 0.15) is 69.0 Å². The minimum Gasteiger partial charge on any atom is -0.438 e. The van der Waals surface area contributed by atoms with Gasteiger partial charge in [-0.15, -0.1) is 0 Å². The molecule has 208 valence electrons. The van der Waals surface area contributed by atoms with Gasteiger partial charge in [0, 0.05) is 19.4 Å². The number of alkyl halides is 3. The fourth-order valence-electron chi connectivity index (χ4n) is 4.75. The maximum atomic E-state index is 13.4. The lowest BCUT2D eigenvalue weighted by Gasteiger charge is -2.27. The summed E-state index contributed by atoms with van der Waals surface area (Å²) in [6.45, 7) is 2.16. The van der Waals surface area contributed by atoms with Crippen molar-refractivity contribution in [3.63, 3.8) is 0 Å². The summed E-state index contributed by atoms with van der Waals surface area (Å²) < 4.78 is 43.3. The highest BCUT2D eigenvalue weighted by molar-refractivity contribution is 5.92. The molecular formula is C28H31F3N4O4. The molecule has 39 heavy (non-hydrogen) atoms. The van der Waals surface area contributed by atoms with Crippen LogP contribution in [0.2, 0.25) is 0 Å². The van der Waals surface area contributed by atoms with Gasteiger partial charge in [0.15, 0.2) is 5.58 Å². The quantitative estimate of drug-likeness (QED) is 0.375. The van der Waals surface area contributed by atoms with Crippen LogP contribution < -0.4 is 10.6 Å². The van der Waals surface area contributed by atoms with Crippen LogP contribution >= 0.6 is 0 Å². The Bertz CT molecular complexity index is 1260. The van der Waals surface area contributed by atoms with Crippen LogP contribution in [0, 0.1) is 0 Å². The van der Waals surface area contributed by atoms with Crippen LogP contribution in [0.5, 0.6) is 0 Å². The monoisotopic (exact) mass is 544 g/mol. The largest absolute Gasteiger partial charge is 0.438 e. The van der Waals surface area contributed by atoms with E-state index in [0.29, 0.717) is 17.6 Å². The number of fused-ring (bicyclic) bond motifs is 1. The Morgan fingerprint density at radius 3 is 2.51 bits per heavy atom. The van der Waals surface area contributed by atoms with Crippen molar-refractivity contribution in [2.45, 2.75) is 69.8 Å². The number of amides is 3. The zero-order valence-corrected chi connectivity index (χ0v) is 21.5. The summed E-state index contributed by atoms with van der Waals surface area (Å²) in [6, 6.07) is 14.5. The number of carbonyl (C=O) groups excluding carboxylic acids is 3. The highest BCUT2D eigenvalue weighted by Gasteiger charge is 2.34. The second kappa shape index (κ2) is 12.3. The number of oxazole rings is 1. The molecule has 0 spiro atoms. The van der Waals surface area contributed by atoms with E-state index in [-0.39, 0.29) is 24.3 Å². The van der Waals surface area contributed by atoms with Gasteiger partial charge in [0.25, 0.3) is 0 Å². The lowest BCUT2D eigenvalue weighted by atomic mass is 10.0. The van der Waals surface area contributed by atoms with E-state index in [1.54, 1.807) is 36.1 Å². The van der Waals surface area contributed by atoms with E-state index in [0.717, 1.165) is 18.4 Å². The van der Waals surface area contributed by atoms with Crippen LogP contribution in [0.15, 0.2) is 59.0 Å². The van der Waals surface area contributed by atoms with Gasteiger partial charge in [-0.05, 0) is 43.9 Å². The van der Waals surface area contributed by atoms with Gasteiger partial charge in [-0.3, -0.25) is 14.4 Å². The molecule has 1 fully saturated rings. The molecule has 3 aromatic rings. The molecule has 8 nitrogen and oxygen atoms in total. The average Bonchev–Trinajstić information content (AvgIpc) is 3.56. The Morgan fingerprint density at radius 2 is 1.79 bits per heavy atom. The molecule has 4 rings (SSSR count). The molecule has 11 heteroatoms. The maximum absolute atomic E-state index is 13.4. The molecular weight excluding hydrogens is 513 g/mol. The van der Waals surface area contributed by atoms with Crippen LogP contribution in [-0.4, -0.2) is 46.4 Å². The van der Waals surface area contributed by atoms with Gasteiger partial charge in [0.1, 0.15) is 17.6 Å². The van der Waals surface area contributed by atoms with Crippen LogP contribution in [0.3, 0.4) is 0 Å². The summed E-state index contributed by atoms with van der Waals surface area (Å²) in [5, 5.41) is 5.20. The van der Waals surface area contributed by atoms with Gasteiger partial charge in [0.05, 0.1) is 12.5 Å². The van der Waals surface area contributed by atoms with Crippen molar-refractivity contribution < 1.29 is 32.0 Å². The standard InChI is InChI=1S/C28H31F3N4O4/c1-18(27-34-20-11-5-6-13-23(20)39-27)32-26(38)21(33-24(36)14-7-15-28(29,30)31)17-25(37)35-16-8-12-22(35)19-9-3-2-4-10-19/h2-6,9-11,13,18,21-22H,7-8,12,14-17H2,1H3,(H,32,38)(H,33,36)/t18?,21?,22-/m1/s1. The van der Waals surface area contributed by atoms with Gasteiger partial charge < -0.3 is 20.0 Å². The Hall–Kier alpha value is -3.89. The molecule has 0 radical (unpaired) electrons. The van der Waals surface area contributed by atoms with E-state index in [2.05, 4.69) is 15.6 Å². The smallest absolute Gasteiger partial charge is 0.389 e. The number of rotatable bonds is 10. The summed E-state index contributed by atoms with van der Waals surface area (Å²) in [5.74, 6) is -1.47. The molecule has 0 saturated carbocycles. The fourth-order valence-corrected chi connectivity index (χ4v) is 4.75. The van der Waals surface area contributed by atoms with E-state index in [9.17, 15) is 27.6 Å². The van der Waals surface area contributed by atoms with Gasteiger partial charge in [-0.25, -0.2) is 4.98 Å². The van der Waals surface area contributed by atoms with E-state index in [1.807, 2.05) is 30.3 Å². The number of aromatic nitrogens is 1. The van der Waals surface area contributed by atoms with E-state index in [1.165, 1.54) is 0 Å². The Morgan fingerprint density at radius 1 is 1.08 bits per heavy atom. The van der Waals surface area contributed by atoms with Gasteiger partial charge in [-0.1, -0.05) is 42.5 Å². The molecule has 2 unspecified atom stereocenters. The SMILES string of the molecule is CC(NC(=O)C(CC(=O)N1CCC[C@@H]1c1ccccc1)NC(=O)CCCC(F)(F)F)c1nc2ccccc2o1. The summed E-state index contributed by atoms with van der Waals surface area (Å²) in [7, 11) is 0. The summed E-state index contributed by atoms with van der Waals surface area (Å²) in [4.78, 5) is 45.2. The van der Waals surface area contributed by atoms with Crippen LogP contribution in [0.25, 0.3) is 11.1 Å². The Labute approximate surface area is 223 Å². The number of hydrogen-bond acceptors (Lipinski definition) is 5. The van der Waals surface area contributed by atoms with Crippen molar-refractivity contribution in [2.24, 2.45) is 0 Å². The van der Waals surface area contributed by atoms with Crippen molar-refractivity contribution in [1.29, 1.82) is 0 Å². The van der Waals surface area contributed by atoms with Crippen molar-refractivity contribution in [2.75, 3.05) is 6.54 Å². The second-order valence-corrected chi connectivity index (χ2v) is 9.70. The molecule has 1 aliphatic heterocycles. The summed E-state index contributed by atoms with van der Waals surface area (Å²) >= 11 is 0. The zero-order valence-electron chi connectivity index (χ0n) is 21.5. The normalized spacial score (nSPS) is 17.1. The predicted octanol–water partition coefficient (Wildman–Crippen LogP) is 4.98. The third-order valence-electron chi connectivity index (χ3n) is 6.69. The number of benzene rings is 2. The molecule has 1 aromatic heterocycles. The predicted molar refractivity (Wildman–Crippen MR) is 137 cm³/mol. The number of nitrogens with one attached hydrogen (secondary N) is 2. The molecule has 0 bridgehead atoms. The maximum Gasteiger partial charge on any atom is 0.389 e. The van der Waals surface area contributed by atoms with E-state index < -0.39 is 49.3 Å². The summed E-state index contributed by atoms with van der Waals surface area (Å²) in [6.07, 6.45) is -5.11. The second-order valence-electron chi connectivity index (χ2n) is 9.70. The lowest BCUT2D eigenvalue weighted by Crippen LogP contribution is -2.50. The minimum absolute atomic E-state index is 0.149. The highest BCUT2D eigenvalue weighted by atomic mass is 19.4. The van der Waals surface area contributed by atoms with Gasteiger partial charge in [0.2, 0.25) is 23.6 Å². The van der Waals surface area contributed by atoms with Crippen molar-refractivity contribution in [3.8, 4) is 0 Å². The molecule has 1 aliphatic rings. The van der Waals surface area contributed by atoms with Crippen molar-refractivity contribution >= 4 is 28.8 Å². The molecule has 2 aromatic carbocycles. The van der Waals surface area contributed by atoms with Gasteiger partial charge >= 0.3 is 6.18 Å². The first-order chi connectivity index (χ1) is 18.6. The molecule has 1 saturated heterocycles. The average molecular weight is 545 g/mol. The summed E-state index contributed by atoms with van der Waals surface area (Å²) in [5.41, 5.74) is 2.13. The molecule has 3 amide bonds. The number of likely N-dealkylation sites (tertiary alicyclic amines) is 1. The Kier molecular flexibility index (Phi) is 8.88. The number of hydrogen-bond donors (Lipinski definition) is 2.